The fraction of sp³-hybridized carbons (Fsp3) is 0. The summed E-state index contributed by atoms with van der Waals surface area (Å²) < 4.78 is 8.98. The molecular formula is C44H28N2O. The smallest absolute Gasteiger partial charge is 0.137 e. The van der Waals surface area contributed by atoms with Crippen LogP contribution in [-0.4, -0.2) is 4.57 Å². The lowest BCUT2D eigenvalue weighted by atomic mass is 10.0. The summed E-state index contributed by atoms with van der Waals surface area (Å²) in [6.07, 6.45) is 0. The third-order valence-electron chi connectivity index (χ3n) is 9.52. The number of rotatable bonds is 4. The highest BCUT2D eigenvalue weighted by molar-refractivity contribution is 6.20. The Bertz CT molecular complexity index is 2800. The molecule has 0 atom stereocenters. The number of benzene rings is 8. The van der Waals surface area contributed by atoms with Gasteiger partial charge in [0.1, 0.15) is 11.2 Å². The second-order valence-electron chi connectivity index (χ2n) is 12.1. The summed E-state index contributed by atoms with van der Waals surface area (Å²) in [5.74, 6) is 0. The Hall–Kier alpha value is -6.32. The molecule has 0 saturated heterocycles. The molecule has 3 heteroatoms. The number of fused-ring (bicyclic) bond motifs is 8. The van der Waals surface area contributed by atoms with Gasteiger partial charge in [0.25, 0.3) is 0 Å². The standard InChI is InChI=1S/C44H28N2O/c1-2-17-32(18-3-1)45(40-25-12-26-41-44(40)35-27-30-14-4-5-15-31(30)28-42(35)47-41)38-23-11-24-39-43(38)34-20-8-9-21-37(34)46(39)36-22-10-16-29-13-6-7-19-33(29)36/h1-28H. The molecule has 0 bridgehead atoms. The second-order valence-corrected chi connectivity index (χ2v) is 12.1. The van der Waals surface area contributed by atoms with Gasteiger partial charge in [-0.1, -0.05) is 109 Å². The summed E-state index contributed by atoms with van der Waals surface area (Å²) in [5.41, 5.74) is 8.57. The Morgan fingerprint density at radius 1 is 0.404 bits per heavy atom. The van der Waals surface area contributed by atoms with Crippen LogP contribution in [0, 0.1) is 0 Å². The van der Waals surface area contributed by atoms with Crippen LogP contribution in [0.4, 0.5) is 17.1 Å². The minimum absolute atomic E-state index is 0.874. The third-order valence-corrected chi connectivity index (χ3v) is 9.52. The first-order chi connectivity index (χ1) is 23.3. The van der Waals surface area contributed by atoms with Crippen LogP contribution in [0.25, 0.3) is 71.0 Å². The molecule has 2 aromatic heterocycles. The van der Waals surface area contributed by atoms with E-state index in [2.05, 4.69) is 179 Å². The fourth-order valence-electron chi connectivity index (χ4n) is 7.51. The van der Waals surface area contributed by atoms with Crippen molar-refractivity contribution in [1.29, 1.82) is 0 Å². The molecule has 220 valence electrons. The zero-order valence-electron chi connectivity index (χ0n) is 25.5. The number of aromatic nitrogens is 1. The number of nitrogens with zero attached hydrogens (tertiary/aromatic N) is 2. The summed E-state index contributed by atoms with van der Waals surface area (Å²) in [5, 5.41) is 9.45. The number of hydrogen-bond donors (Lipinski definition) is 0. The van der Waals surface area contributed by atoms with Gasteiger partial charge < -0.3 is 13.9 Å². The first-order valence-corrected chi connectivity index (χ1v) is 16.0. The van der Waals surface area contributed by atoms with Gasteiger partial charge in [0.15, 0.2) is 0 Å². The first kappa shape index (κ1) is 26.0. The fourth-order valence-corrected chi connectivity index (χ4v) is 7.51. The van der Waals surface area contributed by atoms with E-state index in [9.17, 15) is 0 Å². The molecule has 47 heavy (non-hydrogen) atoms. The van der Waals surface area contributed by atoms with E-state index in [-0.39, 0.29) is 0 Å². The Labute approximate surface area is 271 Å². The highest BCUT2D eigenvalue weighted by Crippen LogP contribution is 2.47. The van der Waals surface area contributed by atoms with Gasteiger partial charge in [-0.15, -0.1) is 0 Å². The van der Waals surface area contributed by atoms with Gasteiger partial charge in [-0.3, -0.25) is 0 Å². The van der Waals surface area contributed by atoms with Crippen LogP contribution in [0.5, 0.6) is 0 Å². The van der Waals surface area contributed by atoms with E-state index < -0.39 is 0 Å². The topological polar surface area (TPSA) is 21.3 Å². The summed E-state index contributed by atoms with van der Waals surface area (Å²) in [7, 11) is 0. The van der Waals surface area contributed by atoms with Crippen LogP contribution in [0.3, 0.4) is 0 Å². The van der Waals surface area contributed by atoms with E-state index in [0.717, 1.165) is 44.5 Å². The van der Waals surface area contributed by atoms with Crippen molar-refractivity contribution in [3.05, 3.63) is 170 Å². The van der Waals surface area contributed by atoms with Crippen molar-refractivity contribution in [2.75, 3.05) is 4.90 Å². The van der Waals surface area contributed by atoms with Gasteiger partial charge in [0, 0.05) is 27.2 Å². The van der Waals surface area contributed by atoms with Crippen molar-refractivity contribution < 1.29 is 4.42 Å². The number of para-hydroxylation sites is 2. The molecule has 0 aliphatic heterocycles. The molecular weight excluding hydrogens is 572 g/mol. The SMILES string of the molecule is c1ccc(N(c2cccc3oc4cc5ccccc5cc4c23)c2cccc3c2c2ccccc2n3-c2cccc3ccccc23)cc1. The van der Waals surface area contributed by atoms with Gasteiger partial charge in [-0.25, -0.2) is 0 Å². The maximum absolute atomic E-state index is 6.55. The first-order valence-electron chi connectivity index (χ1n) is 16.0. The van der Waals surface area contributed by atoms with Gasteiger partial charge in [0.2, 0.25) is 0 Å². The van der Waals surface area contributed by atoms with Gasteiger partial charge in [0.05, 0.1) is 33.5 Å². The molecule has 10 aromatic rings. The Balaban J connectivity index is 1.32. The van der Waals surface area contributed by atoms with Crippen molar-refractivity contribution in [2.45, 2.75) is 0 Å². The predicted molar refractivity (Wildman–Crippen MR) is 198 cm³/mol. The molecule has 0 fully saturated rings. The molecule has 10 rings (SSSR count). The van der Waals surface area contributed by atoms with E-state index in [0.29, 0.717) is 0 Å². The highest BCUT2D eigenvalue weighted by atomic mass is 16.3. The summed E-state index contributed by atoms with van der Waals surface area (Å²) in [4.78, 5) is 2.41. The largest absolute Gasteiger partial charge is 0.456 e. The maximum atomic E-state index is 6.55. The van der Waals surface area contributed by atoms with Crippen LogP contribution < -0.4 is 4.90 Å². The molecule has 0 amide bonds. The van der Waals surface area contributed by atoms with Crippen LogP contribution in [0.1, 0.15) is 0 Å². The van der Waals surface area contributed by atoms with Gasteiger partial charge in [-0.2, -0.15) is 0 Å². The lowest BCUT2D eigenvalue weighted by Gasteiger charge is -2.27. The molecule has 0 N–H and O–H groups in total. The Kier molecular flexibility index (Phi) is 5.57. The van der Waals surface area contributed by atoms with E-state index in [1.165, 1.54) is 43.5 Å². The molecule has 0 spiro atoms. The molecule has 0 saturated carbocycles. The molecule has 0 unspecified atom stereocenters. The Morgan fingerprint density at radius 2 is 1.02 bits per heavy atom. The zero-order chi connectivity index (χ0) is 30.9. The lowest BCUT2D eigenvalue weighted by molar-refractivity contribution is 0.669. The van der Waals surface area contributed by atoms with Crippen molar-refractivity contribution in [3.63, 3.8) is 0 Å². The number of furan rings is 1. The molecule has 0 aliphatic rings. The quantitative estimate of drug-likeness (QED) is 0.200. The van der Waals surface area contributed by atoms with Crippen LogP contribution in [0.15, 0.2) is 174 Å². The van der Waals surface area contributed by atoms with Crippen molar-refractivity contribution in [1.82, 2.24) is 4.57 Å². The lowest BCUT2D eigenvalue weighted by Crippen LogP contribution is -2.10. The van der Waals surface area contributed by atoms with Gasteiger partial charge in [-0.05, 0) is 76.8 Å². The van der Waals surface area contributed by atoms with Gasteiger partial charge >= 0.3 is 0 Å². The van der Waals surface area contributed by atoms with E-state index in [4.69, 9.17) is 4.42 Å². The molecule has 8 aromatic carbocycles. The third kappa shape index (κ3) is 3.87. The van der Waals surface area contributed by atoms with E-state index >= 15 is 0 Å². The monoisotopic (exact) mass is 600 g/mol. The molecule has 3 nitrogen and oxygen atoms in total. The maximum Gasteiger partial charge on any atom is 0.137 e. The normalized spacial score (nSPS) is 11.8. The summed E-state index contributed by atoms with van der Waals surface area (Å²) >= 11 is 0. The Morgan fingerprint density at radius 3 is 1.87 bits per heavy atom. The van der Waals surface area contributed by atoms with Crippen molar-refractivity contribution >= 4 is 82.4 Å². The average Bonchev–Trinajstić information content (AvgIpc) is 3.67. The molecule has 0 radical (unpaired) electrons. The average molecular weight is 601 g/mol. The number of hydrogen-bond acceptors (Lipinski definition) is 2. The van der Waals surface area contributed by atoms with E-state index in [1.807, 2.05) is 0 Å². The molecule has 0 aliphatic carbocycles. The number of anilines is 3. The van der Waals surface area contributed by atoms with Crippen molar-refractivity contribution in [3.8, 4) is 5.69 Å². The summed E-state index contributed by atoms with van der Waals surface area (Å²) in [6.45, 7) is 0. The second kappa shape index (κ2) is 10.1. The molecule has 2 heterocycles. The predicted octanol–water partition coefficient (Wildman–Crippen LogP) is 12.5. The zero-order valence-corrected chi connectivity index (χ0v) is 25.5. The van der Waals surface area contributed by atoms with Crippen LogP contribution >= 0.6 is 0 Å². The highest BCUT2D eigenvalue weighted by Gasteiger charge is 2.24. The van der Waals surface area contributed by atoms with Crippen molar-refractivity contribution in [2.24, 2.45) is 0 Å². The van der Waals surface area contributed by atoms with Crippen LogP contribution in [-0.2, 0) is 0 Å². The minimum Gasteiger partial charge on any atom is -0.456 e. The summed E-state index contributed by atoms with van der Waals surface area (Å²) in [6, 6.07) is 60.8. The van der Waals surface area contributed by atoms with Crippen LogP contribution in [0.2, 0.25) is 0 Å². The van der Waals surface area contributed by atoms with E-state index in [1.54, 1.807) is 0 Å². The minimum atomic E-state index is 0.874.